The highest BCUT2D eigenvalue weighted by Gasteiger charge is 2.34. The molecule has 4 N–H and O–H groups in total. The number of anilines is 1. The molecule has 7 heteroatoms. The van der Waals surface area contributed by atoms with Gasteiger partial charge in [0.1, 0.15) is 17.3 Å². The summed E-state index contributed by atoms with van der Waals surface area (Å²) in [5.74, 6) is -0.387. The molecular formula is C22H25FN2O4. The van der Waals surface area contributed by atoms with Crippen LogP contribution in [0.25, 0.3) is 0 Å². The minimum Gasteiger partial charge on any atom is -0.506 e. The number of amides is 1. The van der Waals surface area contributed by atoms with Gasteiger partial charge in [-0.1, -0.05) is 25.0 Å². The second-order valence-corrected chi connectivity index (χ2v) is 7.90. The second kappa shape index (κ2) is 8.00. The molecule has 0 aromatic heterocycles. The van der Waals surface area contributed by atoms with Gasteiger partial charge in [0.05, 0.1) is 6.10 Å². The van der Waals surface area contributed by atoms with Crippen molar-refractivity contribution < 1.29 is 24.1 Å². The third kappa shape index (κ3) is 4.21. The summed E-state index contributed by atoms with van der Waals surface area (Å²) in [6, 6.07) is 9.61. The van der Waals surface area contributed by atoms with Crippen LogP contribution in [-0.4, -0.2) is 34.8 Å². The van der Waals surface area contributed by atoms with Gasteiger partial charge in [0, 0.05) is 17.6 Å². The summed E-state index contributed by atoms with van der Waals surface area (Å²) >= 11 is 0. The number of phenols is 1. The van der Waals surface area contributed by atoms with Crippen LogP contribution in [0.5, 0.6) is 11.5 Å². The summed E-state index contributed by atoms with van der Waals surface area (Å²) in [7, 11) is 0. The minimum absolute atomic E-state index is 0.0967. The molecular weight excluding hydrogens is 375 g/mol. The molecule has 0 radical (unpaired) electrons. The van der Waals surface area contributed by atoms with Crippen molar-refractivity contribution in [1.82, 2.24) is 5.32 Å². The Morgan fingerprint density at radius 3 is 2.62 bits per heavy atom. The number of ether oxygens (including phenoxy) is 1. The van der Waals surface area contributed by atoms with Crippen molar-refractivity contribution in [1.29, 1.82) is 0 Å². The Morgan fingerprint density at radius 1 is 1.17 bits per heavy atom. The summed E-state index contributed by atoms with van der Waals surface area (Å²) in [6.45, 7) is 0.147. The first-order chi connectivity index (χ1) is 14.0. The zero-order chi connectivity index (χ0) is 20.4. The standard InChI is InChI=1S/C22H25FN2O4/c23-15-5-3-14(4-6-15)11-22(9-1-2-10-22)24-12-18(27)16-7-8-17(26)20-21(16)29-13-19(28)25-20/h3-8,18,24,26-27H,1-2,9-13H2,(H,25,28). The van der Waals surface area contributed by atoms with Gasteiger partial charge in [-0.3, -0.25) is 4.79 Å². The number of rotatable bonds is 6. The first-order valence-corrected chi connectivity index (χ1v) is 9.92. The number of carbonyl (C=O) groups excluding carboxylic acids is 1. The van der Waals surface area contributed by atoms with Gasteiger partial charge < -0.3 is 25.6 Å². The van der Waals surface area contributed by atoms with Crippen molar-refractivity contribution >= 4 is 11.6 Å². The molecule has 2 aromatic rings. The van der Waals surface area contributed by atoms with Crippen LogP contribution >= 0.6 is 0 Å². The lowest BCUT2D eigenvalue weighted by Crippen LogP contribution is -2.46. The van der Waals surface area contributed by atoms with Crippen LogP contribution in [0, 0.1) is 5.82 Å². The zero-order valence-corrected chi connectivity index (χ0v) is 16.1. The number of benzene rings is 2. The molecule has 4 rings (SSSR count). The maximum absolute atomic E-state index is 13.2. The van der Waals surface area contributed by atoms with E-state index in [2.05, 4.69) is 10.6 Å². The number of aliphatic hydroxyl groups excluding tert-OH is 1. The van der Waals surface area contributed by atoms with Crippen LogP contribution in [0.15, 0.2) is 36.4 Å². The van der Waals surface area contributed by atoms with Crippen LogP contribution < -0.4 is 15.4 Å². The van der Waals surface area contributed by atoms with E-state index in [1.807, 2.05) is 0 Å². The molecule has 2 aromatic carbocycles. The summed E-state index contributed by atoms with van der Waals surface area (Å²) in [5.41, 5.74) is 1.62. The highest BCUT2D eigenvalue weighted by atomic mass is 19.1. The van der Waals surface area contributed by atoms with Crippen molar-refractivity contribution in [3.63, 3.8) is 0 Å². The number of carbonyl (C=O) groups is 1. The van der Waals surface area contributed by atoms with E-state index in [-0.39, 0.29) is 35.3 Å². The maximum Gasteiger partial charge on any atom is 0.262 e. The average Bonchev–Trinajstić information content (AvgIpc) is 3.17. The molecule has 1 aliphatic carbocycles. The lowest BCUT2D eigenvalue weighted by atomic mass is 9.88. The number of halogens is 1. The van der Waals surface area contributed by atoms with E-state index in [9.17, 15) is 19.4 Å². The first-order valence-electron chi connectivity index (χ1n) is 9.92. The van der Waals surface area contributed by atoms with Crippen LogP contribution in [0.4, 0.5) is 10.1 Å². The van der Waals surface area contributed by atoms with Crippen molar-refractivity contribution in [2.75, 3.05) is 18.5 Å². The number of β-amino-alcohol motifs (C(OH)–C–C–N with tert-alkyl or cyclic N) is 1. The molecule has 6 nitrogen and oxygen atoms in total. The van der Waals surface area contributed by atoms with Crippen LogP contribution in [0.3, 0.4) is 0 Å². The summed E-state index contributed by atoms with van der Waals surface area (Å²) in [6.07, 6.45) is 4.07. The van der Waals surface area contributed by atoms with Gasteiger partial charge in [-0.25, -0.2) is 4.39 Å². The Bertz CT molecular complexity index is 894. The van der Waals surface area contributed by atoms with Gasteiger partial charge in [0.2, 0.25) is 0 Å². The number of hydrogen-bond acceptors (Lipinski definition) is 5. The molecule has 1 heterocycles. The largest absolute Gasteiger partial charge is 0.506 e. The fourth-order valence-corrected chi connectivity index (χ4v) is 4.32. The monoisotopic (exact) mass is 400 g/mol. The Morgan fingerprint density at radius 2 is 1.90 bits per heavy atom. The average molecular weight is 400 g/mol. The van der Waals surface area contributed by atoms with E-state index in [0.29, 0.717) is 17.9 Å². The maximum atomic E-state index is 13.2. The third-order valence-electron chi connectivity index (χ3n) is 5.82. The minimum atomic E-state index is -0.870. The lowest BCUT2D eigenvalue weighted by molar-refractivity contribution is -0.118. The quantitative estimate of drug-likeness (QED) is 0.560. The normalized spacial score (nSPS) is 18.6. The van der Waals surface area contributed by atoms with Gasteiger partial charge in [0.15, 0.2) is 12.4 Å². The molecule has 1 unspecified atom stereocenters. The molecule has 1 atom stereocenters. The molecule has 2 aliphatic rings. The highest BCUT2D eigenvalue weighted by Crippen LogP contribution is 2.42. The van der Waals surface area contributed by atoms with E-state index in [4.69, 9.17) is 4.74 Å². The van der Waals surface area contributed by atoms with Crippen LogP contribution in [-0.2, 0) is 11.2 Å². The topological polar surface area (TPSA) is 90.8 Å². The van der Waals surface area contributed by atoms with Crippen molar-refractivity contribution in [3.8, 4) is 11.5 Å². The molecule has 154 valence electrons. The molecule has 1 amide bonds. The molecule has 0 bridgehead atoms. The first kappa shape index (κ1) is 19.7. The lowest BCUT2D eigenvalue weighted by Gasteiger charge is -2.32. The predicted octanol–water partition coefficient (Wildman–Crippen LogP) is 3.04. The van der Waals surface area contributed by atoms with Crippen LogP contribution in [0.2, 0.25) is 0 Å². The Hall–Kier alpha value is -2.64. The molecule has 29 heavy (non-hydrogen) atoms. The van der Waals surface area contributed by atoms with Crippen molar-refractivity contribution in [3.05, 3.63) is 53.3 Å². The van der Waals surface area contributed by atoms with E-state index >= 15 is 0 Å². The SMILES string of the molecule is O=C1COc2c(C(O)CNC3(Cc4ccc(F)cc4)CCCC3)ccc(O)c2N1. The number of fused-ring (bicyclic) bond motifs is 1. The van der Waals surface area contributed by atoms with Crippen molar-refractivity contribution in [2.45, 2.75) is 43.7 Å². The zero-order valence-electron chi connectivity index (χ0n) is 16.1. The van der Waals surface area contributed by atoms with Gasteiger partial charge in [-0.05, 0) is 49.1 Å². The molecule has 0 saturated heterocycles. The fraction of sp³-hybridized carbons (Fsp3) is 0.409. The molecule has 1 fully saturated rings. The van der Waals surface area contributed by atoms with Gasteiger partial charge in [0.25, 0.3) is 5.91 Å². The summed E-state index contributed by atoms with van der Waals surface area (Å²) < 4.78 is 18.7. The number of aliphatic hydroxyl groups is 1. The van der Waals surface area contributed by atoms with Gasteiger partial charge >= 0.3 is 0 Å². The molecule has 1 saturated carbocycles. The van der Waals surface area contributed by atoms with Gasteiger partial charge in [-0.15, -0.1) is 0 Å². The van der Waals surface area contributed by atoms with E-state index in [1.165, 1.54) is 18.2 Å². The van der Waals surface area contributed by atoms with Crippen molar-refractivity contribution in [2.24, 2.45) is 0 Å². The Labute approximate surface area is 168 Å². The number of aromatic hydroxyl groups is 1. The van der Waals surface area contributed by atoms with E-state index < -0.39 is 6.10 Å². The van der Waals surface area contributed by atoms with Crippen LogP contribution in [0.1, 0.15) is 42.9 Å². The smallest absolute Gasteiger partial charge is 0.262 e. The fourth-order valence-electron chi connectivity index (χ4n) is 4.32. The Kier molecular flexibility index (Phi) is 5.43. The highest BCUT2D eigenvalue weighted by molar-refractivity contribution is 5.97. The summed E-state index contributed by atoms with van der Waals surface area (Å²) in [4.78, 5) is 11.6. The van der Waals surface area contributed by atoms with E-state index in [0.717, 1.165) is 37.7 Å². The molecule has 1 aliphatic heterocycles. The predicted molar refractivity (Wildman–Crippen MR) is 106 cm³/mol. The number of hydrogen-bond donors (Lipinski definition) is 4. The molecule has 0 spiro atoms. The Balaban J connectivity index is 1.49. The number of phenolic OH excluding ortho intramolecular Hbond substituents is 1. The third-order valence-corrected chi connectivity index (χ3v) is 5.82. The summed E-state index contributed by atoms with van der Waals surface area (Å²) in [5, 5.41) is 26.9. The second-order valence-electron chi connectivity index (χ2n) is 7.90. The van der Waals surface area contributed by atoms with E-state index in [1.54, 1.807) is 18.2 Å². The van der Waals surface area contributed by atoms with Gasteiger partial charge in [-0.2, -0.15) is 0 Å². The number of nitrogens with one attached hydrogen (secondary N) is 2.